The lowest BCUT2D eigenvalue weighted by Crippen LogP contribution is -2.36. The minimum absolute atomic E-state index is 0.0236. The Balaban J connectivity index is 2.02. The van der Waals surface area contributed by atoms with E-state index in [0.29, 0.717) is 31.3 Å². The van der Waals surface area contributed by atoms with E-state index in [1.165, 1.54) is 0 Å². The monoisotopic (exact) mass is 254 g/mol. The van der Waals surface area contributed by atoms with Gasteiger partial charge in [-0.3, -0.25) is 4.79 Å². The van der Waals surface area contributed by atoms with Crippen LogP contribution >= 0.6 is 11.6 Å². The Morgan fingerprint density at radius 3 is 2.94 bits per heavy atom. The third-order valence-corrected chi connectivity index (χ3v) is 3.10. The molecule has 1 aliphatic rings. The summed E-state index contributed by atoms with van der Waals surface area (Å²) in [5, 5.41) is 0.634. The zero-order chi connectivity index (χ0) is 12.3. The molecule has 1 saturated heterocycles. The Morgan fingerprint density at radius 2 is 2.29 bits per heavy atom. The molecule has 0 N–H and O–H groups in total. The lowest BCUT2D eigenvalue weighted by atomic mass is 10.0. The zero-order valence-electron chi connectivity index (χ0n) is 9.74. The van der Waals surface area contributed by atoms with Crippen molar-refractivity contribution >= 4 is 17.4 Å². The first-order valence-corrected chi connectivity index (χ1v) is 6.01. The second-order valence-electron chi connectivity index (χ2n) is 4.17. The zero-order valence-corrected chi connectivity index (χ0v) is 10.5. The summed E-state index contributed by atoms with van der Waals surface area (Å²) >= 11 is 6.09. The van der Waals surface area contributed by atoms with Crippen molar-refractivity contribution in [1.82, 2.24) is 0 Å². The molecule has 2 rings (SSSR count). The number of ether oxygens (including phenoxy) is 2. The number of hydrogen-bond donors (Lipinski definition) is 0. The molecule has 0 aliphatic carbocycles. The van der Waals surface area contributed by atoms with E-state index >= 15 is 0 Å². The molecule has 1 aromatic carbocycles. The van der Waals surface area contributed by atoms with Gasteiger partial charge < -0.3 is 9.47 Å². The number of benzene rings is 1. The Labute approximate surface area is 106 Å². The van der Waals surface area contributed by atoms with Gasteiger partial charge in [-0.1, -0.05) is 23.7 Å². The second kappa shape index (κ2) is 5.63. The number of ketones is 1. The van der Waals surface area contributed by atoms with Crippen LogP contribution in [0, 0.1) is 6.92 Å². The van der Waals surface area contributed by atoms with Gasteiger partial charge in [0.05, 0.1) is 19.8 Å². The number of carbonyl (C=O) groups is 1. The number of Topliss-reactive ketones (excluding diaryl/α,β-unsaturated/α-hetero) is 1. The Morgan fingerprint density at radius 1 is 1.47 bits per heavy atom. The van der Waals surface area contributed by atoms with Crippen LogP contribution in [0.2, 0.25) is 5.02 Å². The van der Waals surface area contributed by atoms with Crippen LogP contribution in [0.25, 0.3) is 0 Å². The first-order valence-electron chi connectivity index (χ1n) is 5.64. The van der Waals surface area contributed by atoms with Crippen molar-refractivity contribution in [3.8, 4) is 0 Å². The summed E-state index contributed by atoms with van der Waals surface area (Å²) in [7, 11) is 0. The summed E-state index contributed by atoms with van der Waals surface area (Å²) in [5.74, 6) is 0.0236. The lowest BCUT2D eigenvalue weighted by molar-refractivity contribution is -0.144. The average Bonchev–Trinajstić information content (AvgIpc) is 2.34. The molecule has 0 bridgehead atoms. The van der Waals surface area contributed by atoms with E-state index < -0.39 is 6.10 Å². The molecular formula is C13H15ClO3. The predicted molar refractivity (Wildman–Crippen MR) is 65.5 cm³/mol. The van der Waals surface area contributed by atoms with Crippen molar-refractivity contribution in [2.24, 2.45) is 0 Å². The van der Waals surface area contributed by atoms with E-state index in [1.54, 1.807) is 0 Å². The molecule has 1 atom stereocenters. The van der Waals surface area contributed by atoms with Crippen molar-refractivity contribution in [3.05, 3.63) is 34.3 Å². The third-order valence-electron chi connectivity index (χ3n) is 2.75. The Bertz CT molecular complexity index is 411. The summed E-state index contributed by atoms with van der Waals surface area (Å²) in [4.78, 5) is 11.9. The molecule has 0 saturated carbocycles. The van der Waals surface area contributed by atoms with E-state index in [2.05, 4.69) is 0 Å². The van der Waals surface area contributed by atoms with Crippen LogP contribution in [0.4, 0.5) is 0 Å². The van der Waals surface area contributed by atoms with Crippen LogP contribution in [0.1, 0.15) is 11.1 Å². The van der Waals surface area contributed by atoms with Crippen molar-refractivity contribution in [2.45, 2.75) is 19.4 Å². The van der Waals surface area contributed by atoms with Gasteiger partial charge in [-0.05, 0) is 24.1 Å². The molecular weight excluding hydrogens is 240 g/mol. The van der Waals surface area contributed by atoms with E-state index in [4.69, 9.17) is 21.1 Å². The summed E-state index contributed by atoms with van der Waals surface area (Å²) in [6, 6.07) is 5.70. The average molecular weight is 255 g/mol. The van der Waals surface area contributed by atoms with Crippen LogP contribution < -0.4 is 0 Å². The molecule has 0 spiro atoms. The second-order valence-corrected chi connectivity index (χ2v) is 4.58. The first kappa shape index (κ1) is 12.6. The fraction of sp³-hybridized carbons (Fsp3) is 0.462. The minimum atomic E-state index is -0.443. The molecule has 0 aromatic heterocycles. The first-order chi connectivity index (χ1) is 8.16. The minimum Gasteiger partial charge on any atom is -0.376 e. The molecule has 1 aliphatic heterocycles. The summed E-state index contributed by atoms with van der Waals surface area (Å²) in [5.41, 5.74) is 1.93. The van der Waals surface area contributed by atoms with Gasteiger partial charge in [0, 0.05) is 11.4 Å². The molecule has 0 amide bonds. The fourth-order valence-electron chi connectivity index (χ4n) is 1.77. The normalized spacial score (nSPS) is 20.2. The molecule has 4 heteroatoms. The fourth-order valence-corrected chi connectivity index (χ4v) is 2.07. The SMILES string of the molecule is Cc1ccc(CC(=O)C2COCCO2)c(Cl)c1. The van der Waals surface area contributed by atoms with Gasteiger partial charge in [0.25, 0.3) is 0 Å². The molecule has 3 nitrogen and oxygen atoms in total. The third kappa shape index (κ3) is 3.28. The maximum absolute atomic E-state index is 11.9. The van der Waals surface area contributed by atoms with E-state index in [1.807, 2.05) is 25.1 Å². The number of rotatable bonds is 3. The van der Waals surface area contributed by atoms with Gasteiger partial charge in [0.1, 0.15) is 6.10 Å². The topological polar surface area (TPSA) is 35.5 Å². The maximum Gasteiger partial charge on any atom is 0.168 e. The molecule has 1 unspecified atom stereocenters. The van der Waals surface area contributed by atoms with Crippen molar-refractivity contribution in [1.29, 1.82) is 0 Å². The van der Waals surface area contributed by atoms with Gasteiger partial charge >= 0.3 is 0 Å². The van der Waals surface area contributed by atoms with Gasteiger partial charge in [-0.15, -0.1) is 0 Å². The van der Waals surface area contributed by atoms with Gasteiger partial charge in [-0.2, -0.15) is 0 Å². The summed E-state index contributed by atoms with van der Waals surface area (Å²) < 4.78 is 10.6. The predicted octanol–water partition coefficient (Wildman–Crippen LogP) is 2.18. The molecule has 92 valence electrons. The highest BCUT2D eigenvalue weighted by Gasteiger charge is 2.23. The van der Waals surface area contributed by atoms with Gasteiger partial charge in [0.2, 0.25) is 0 Å². The van der Waals surface area contributed by atoms with Crippen molar-refractivity contribution in [2.75, 3.05) is 19.8 Å². The number of hydrogen-bond acceptors (Lipinski definition) is 3. The largest absolute Gasteiger partial charge is 0.376 e. The van der Waals surface area contributed by atoms with Crippen LogP contribution in [0.3, 0.4) is 0 Å². The van der Waals surface area contributed by atoms with Crippen molar-refractivity contribution < 1.29 is 14.3 Å². The molecule has 1 aromatic rings. The lowest BCUT2D eigenvalue weighted by Gasteiger charge is -2.21. The van der Waals surface area contributed by atoms with Crippen molar-refractivity contribution in [3.63, 3.8) is 0 Å². The highest BCUT2D eigenvalue weighted by molar-refractivity contribution is 6.31. The number of aryl methyl sites for hydroxylation is 1. The van der Waals surface area contributed by atoms with Crippen LogP contribution in [0.15, 0.2) is 18.2 Å². The quantitative estimate of drug-likeness (QED) is 0.829. The van der Waals surface area contributed by atoms with E-state index in [0.717, 1.165) is 11.1 Å². The standard InChI is InChI=1S/C13H15ClO3/c1-9-2-3-10(11(14)6-9)7-12(15)13-8-16-4-5-17-13/h2-3,6,13H,4-5,7-8H2,1H3. The summed E-state index contributed by atoms with van der Waals surface area (Å²) in [6.07, 6.45) is -0.145. The maximum atomic E-state index is 11.9. The smallest absolute Gasteiger partial charge is 0.168 e. The molecule has 1 fully saturated rings. The number of halogens is 1. The molecule has 17 heavy (non-hydrogen) atoms. The Hall–Kier alpha value is -0.900. The molecule has 0 radical (unpaired) electrons. The van der Waals surface area contributed by atoms with E-state index in [-0.39, 0.29) is 5.78 Å². The highest BCUT2D eigenvalue weighted by Crippen LogP contribution is 2.19. The summed E-state index contributed by atoms with van der Waals surface area (Å²) in [6.45, 7) is 3.37. The number of carbonyl (C=O) groups excluding carboxylic acids is 1. The van der Waals surface area contributed by atoms with Gasteiger partial charge in [0.15, 0.2) is 5.78 Å². The van der Waals surface area contributed by atoms with Crippen LogP contribution in [-0.2, 0) is 20.7 Å². The highest BCUT2D eigenvalue weighted by atomic mass is 35.5. The van der Waals surface area contributed by atoms with Crippen LogP contribution in [-0.4, -0.2) is 31.7 Å². The van der Waals surface area contributed by atoms with Gasteiger partial charge in [-0.25, -0.2) is 0 Å². The molecule has 1 heterocycles. The van der Waals surface area contributed by atoms with Crippen LogP contribution in [0.5, 0.6) is 0 Å². The van der Waals surface area contributed by atoms with E-state index in [9.17, 15) is 4.79 Å². The Kier molecular flexibility index (Phi) is 4.15.